The van der Waals surface area contributed by atoms with Crippen LogP contribution >= 0.6 is 43.2 Å². The van der Waals surface area contributed by atoms with Crippen LogP contribution in [0.4, 0.5) is 0 Å². The van der Waals surface area contributed by atoms with E-state index in [4.69, 9.17) is 0 Å². The fourth-order valence-electron chi connectivity index (χ4n) is 2.05. The Hall–Kier alpha value is -1.31. The number of aryl methyl sites for hydroxylation is 1. The minimum Gasteiger partial charge on any atom is -0.267 e. The number of thiophene rings is 1. The van der Waals surface area contributed by atoms with Crippen LogP contribution in [0.5, 0.6) is 0 Å². The molecule has 0 radical (unpaired) electrons. The van der Waals surface area contributed by atoms with Gasteiger partial charge in [-0.3, -0.25) is 4.79 Å². The van der Waals surface area contributed by atoms with Gasteiger partial charge in [0.2, 0.25) is 0 Å². The van der Waals surface area contributed by atoms with Crippen molar-refractivity contribution in [1.82, 2.24) is 9.66 Å². The summed E-state index contributed by atoms with van der Waals surface area (Å²) in [4.78, 5) is 18.2. The van der Waals surface area contributed by atoms with Gasteiger partial charge in [-0.05, 0) is 40.2 Å². The second kappa shape index (κ2) is 6.44. The summed E-state index contributed by atoms with van der Waals surface area (Å²) >= 11 is 8.35. The lowest BCUT2D eigenvalue weighted by molar-refractivity contribution is 0.735. The highest BCUT2D eigenvalue weighted by molar-refractivity contribution is 9.10. The largest absolute Gasteiger partial charge is 0.282 e. The summed E-state index contributed by atoms with van der Waals surface area (Å²) in [6.45, 7) is 1.96. The maximum Gasteiger partial charge on any atom is 0.282 e. The van der Waals surface area contributed by atoms with Gasteiger partial charge in [-0.15, -0.1) is 11.3 Å². The molecule has 0 aliphatic carbocycles. The molecule has 0 saturated carbocycles. The molecular weight excluding hydrogens is 430 g/mol. The van der Waals surface area contributed by atoms with E-state index in [0.717, 1.165) is 13.8 Å². The van der Waals surface area contributed by atoms with Gasteiger partial charge in [0.25, 0.3) is 5.56 Å². The van der Waals surface area contributed by atoms with Crippen molar-refractivity contribution in [3.05, 3.63) is 59.6 Å². The summed E-state index contributed by atoms with van der Waals surface area (Å²) in [7, 11) is 0. The molecule has 2 aromatic heterocycles. The smallest absolute Gasteiger partial charge is 0.267 e. The van der Waals surface area contributed by atoms with E-state index in [9.17, 15) is 4.79 Å². The van der Waals surface area contributed by atoms with Gasteiger partial charge in [-0.2, -0.15) is 9.78 Å². The molecule has 0 aliphatic heterocycles. The zero-order chi connectivity index (χ0) is 15.7. The summed E-state index contributed by atoms with van der Waals surface area (Å²) in [6.07, 6.45) is 2.31. The van der Waals surface area contributed by atoms with Crippen LogP contribution in [0.1, 0.15) is 17.6 Å². The molecule has 0 fully saturated rings. The van der Waals surface area contributed by atoms with Gasteiger partial charge in [0.1, 0.15) is 5.82 Å². The van der Waals surface area contributed by atoms with Crippen LogP contribution in [0.2, 0.25) is 0 Å². The third kappa shape index (κ3) is 3.06. The van der Waals surface area contributed by atoms with Crippen molar-refractivity contribution in [2.45, 2.75) is 13.3 Å². The van der Waals surface area contributed by atoms with Crippen LogP contribution in [-0.2, 0) is 6.42 Å². The maximum atomic E-state index is 12.7. The molecule has 3 rings (SSSR count). The summed E-state index contributed by atoms with van der Waals surface area (Å²) < 4.78 is 3.23. The van der Waals surface area contributed by atoms with Crippen molar-refractivity contribution >= 4 is 60.3 Å². The normalized spacial score (nSPS) is 11.6. The topological polar surface area (TPSA) is 47.2 Å². The van der Waals surface area contributed by atoms with Gasteiger partial charge in [-0.25, -0.2) is 4.98 Å². The lowest BCUT2D eigenvalue weighted by Gasteiger charge is -2.07. The molecule has 0 N–H and O–H groups in total. The molecule has 0 unspecified atom stereocenters. The Balaban J connectivity index is 2.17. The number of benzene rings is 1. The van der Waals surface area contributed by atoms with Crippen LogP contribution in [0.3, 0.4) is 0 Å². The van der Waals surface area contributed by atoms with E-state index < -0.39 is 0 Å². The highest BCUT2D eigenvalue weighted by Gasteiger charge is 2.09. The average Bonchev–Trinajstić information content (AvgIpc) is 2.92. The number of rotatable bonds is 3. The summed E-state index contributed by atoms with van der Waals surface area (Å²) in [5.74, 6) is 0.645. The molecule has 2 heterocycles. The predicted molar refractivity (Wildman–Crippen MR) is 98.1 cm³/mol. The Morgan fingerprint density at radius 1 is 1.32 bits per heavy atom. The molecule has 4 nitrogen and oxygen atoms in total. The van der Waals surface area contributed by atoms with Crippen molar-refractivity contribution < 1.29 is 0 Å². The quantitative estimate of drug-likeness (QED) is 0.565. The summed E-state index contributed by atoms with van der Waals surface area (Å²) in [5.41, 5.74) is 0.533. The lowest BCUT2D eigenvalue weighted by Crippen LogP contribution is -2.22. The van der Waals surface area contributed by atoms with Gasteiger partial charge in [0.15, 0.2) is 0 Å². The van der Waals surface area contributed by atoms with Crippen LogP contribution in [-0.4, -0.2) is 15.9 Å². The Labute approximate surface area is 147 Å². The van der Waals surface area contributed by atoms with E-state index in [-0.39, 0.29) is 5.56 Å². The molecule has 0 aliphatic rings. The molecule has 22 heavy (non-hydrogen) atoms. The van der Waals surface area contributed by atoms with Crippen molar-refractivity contribution in [3.63, 3.8) is 0 Å². The SMILES string of the molecule is CCc1nc2ccc(Br)cc2c(=O)n1N=Cc1cc(Br)cs1. The standard InChI is InChI=1S/C15H11Br2N3OS/c1-2-14-19-13-4-3-9(16)6-12(13)15(21)20(14)18-7-11-5-10(17)8-22-11/h3-8H,2H2,1H3. The second-order valence-electron chi connectivity index (χ2n) is 4.57. The van der Waals surface area contributed by atoms with E-state index in [1.165, 1.54) is 4.68 Å². The van der Waals surface area contributed by atoms with Crippen molar-refractivity contribution in [2.75, 3.05) is 0 Å². The first kappa shape index (κ1) is 15.6. The van der Waals surface area contributed by atoms with Gasteiger partial charge in [0, 0.05) is 25.6 Å². The minimum atomic E-state index is -0.157. The summed E-state index contributed by atoms with van der Waals surface area (Å²) in [5, 5.41) is 6.86. The first-order chi connectivity index (χ1) is 10.6. The third-order valence-corrected chi connectivity index (χ3v) is 5.20. The molecule has 0 amide bonds. The zero-order valence-electron chi connectivity index (χ0n) is 11.6. The van der Waals surface area contributed by atoms with Crippen LogP contribution in [0.25, 0.3) is 10.9 Å². The predicted octanol–water partition coefficient (Wildman–Crippen LogP) is 4.43. The van der Waals surface area contributed by atoms with Gasteiger partial charge >= 0.3 is 0 Å². The highest BCUT2D eigenvalue weighted by Crippen LogP contribution is 2.18. The fourth-order valence-corrected chi connectivity index (χ4v) is 3.71. The minimum absolute atomic E-state index is 0.157. The Kier molecular flexibility index (Phi) is 4.56. The van der Waals surface area contributed by atoms with E-state index in [1.54, 1.807) is 23.6 Å². The van der Waals surface area contributed by atoms with Gasteiger partial charge in [-0.1, -0.05) is 22.9 Å². The van der Waals surface area contributed by atoms with Gasteiger partial charge < -0.3 is 0 Å². The van der Waals surface area contributed by atoms with E-state index in [2.05, 4.69) is 41.9 Å². The maximum absolute atomic E-state index is 12.7. The molecule has 0 saturated heterocycles. The third-order valence-electron chi connectivity index (χ3n) is 3.08. The Bertz CT molecular complexity index is 930. The van der Waals surface area contributed by atoms with Gasteiger partial charge in [0.05, 0.1) is 17.1 Å². The van der Waals surface area contributed by atoms with E-state index >= 15 is 0 Å². The van der Waals surface area contributed by atoms with Crippen LogP contribution in [0.15, 0.2) is 48.5 Å². The lowest BCUT2D eigenvalue weighted by atomic mass is 10.2. The Morgan fingerprint density at radius 3 is 2.82 bits per heavy atom. The molecule has 3 aromatic rings. The van der Waals surface area contributed by atoms with Crippen molar-refractivity contribution in [2.24, 2.45) is 5.10 Å². The molecular formula is C15H11Br2N3OS. The number of hydrogen-bond donors (Lipinski definition) is 0. The number of aromatic nitrogens is 2. The fraction of sp³-hybridized carbons (Fsp3) is 0.133. The number of fused-ring (bicyclic) bond motifs is 1. The monoisotopic (exact) mass is 439 g/mol. The molecule has 112 valence electrons. The Morgan fingerprint density at radius 2 is 2.14 bits per heavy atom. The van der Waals surface area contributed by atoms with Crippen molar-refractivity contribution in [1.29, 1.82) is 0 Å². The number of nitrogens with zero attached hydrogens (tertiary/aromatic N) is 3. The zero-order valence-corrected chi connectivity index (χ0v) is 15.6. The first-order valence-corrected chi connectivity index (χ1v) is 9.04. The first-order valence-electron chi connectivity index (χ1n) is 6.58. The van der Waals surface area contributed by atoms with E-state index in [0.29, 0.717) is 23.1 Å². The van der Waals surface area contributed by atoms with Crippen LogP contribution in [0, 0.1) is 0 Å². The van der Waals surface area contributed by atoms with E-state index in [1.807, 2.05) is 30.5 Å². The molecule has 0 bridgehead atoms. The number of hydrogen-bond acceptors (Lipinski definition) is 4. The molecule has 0 atom stereocenters. The number of halogens is 2. The highest BCUT2D eigenvalue weighted by atomic mass is 79.9. The van der Waals surface area contributed by atoms with Crippen LogP contribution < -0.4 is 5.56 Å². The van der Waals surface area contributed by atoms with Crippen molar-refractivity contribution in [3.8, 4) is 0 Å². The molecule has 1 aromatic carbocycles. The summed E-state index contributed by atoms with van der Waals surface area (Å²) in [6, 6.07) is 7.45. The second-order valence-corrected chi connectivity index (χ2v) is 7.35. The molecule has 7 heteroatoms. The average molecular weight is 441 g/mol. The molecule has 0 spiro atoms.